The van der Waals surface area contributed by atoms with Crippen molar-refractivity contribution in [1.82, 2.24) is 87.6 Å². The summed E-state index contributed by atoms with van der Waals surface area (Å²) in [6.07, 6.45) is 20.3. The molecule has 18 heterocycles. The van der Waals surface area contributed by atoms with Crippen molar-refractivity contribution in [2.45, 2.75) is 90.6 Å². The normalized spacial score (nSPS) is 17.4. The molecule has 0 radical (unpaired) electrons. The van der Waals surface area contributed by atoms with Gasteiger partial charge in [0.05, 0.1) is 19.6 Å². The van der Waals surface area contributed by atoms with Crippen molar-refractivity contribution in [2.24, 2.45) is 0 Å². The zero-order valence-electron chi connectivity index (χ0n) is 64.6. The van der Waals surface area contributed by atoms with Crippen LogP contribution >= 0.6 is 0 Å². The van der Waals surface area contributed by atoms with Gasteiger partial charge in [-0.2, -0.15) is 15.0 Å². The number of aromatic nitrogens is 15. The third-order valence-corrected chi connectivity index (χ3v) is 22.3. The Hall–Kier alpha value is -13.5. The summed E-state index contributed by atoms with van der Waals surface area (Å²) in [5, 5.41) is 11.1. The molecule has 0 spiro atoms. The number of amides is 3. The maximum Gasteiger partial charge on any atom is 0.278 e. The van der Waals surface area contributed by atoms with E-state index in [1.54, 1.807) is 97.8 Å². The van der Waals surface area contributed by atoms with Crippen LogP contribution in [0.2, 0.25) is 0 Å². The highest BCUT2D eigenvalue weighted by Crippen LogP contribution is 2.39. The number of nitrogens with one attached hydrogen (secondary N) is 3. The number of hydrogen-bond acceptors (Lipinski definition) is 24. The number of pyridine rings is 3. The average Bonchev–Trinajstić information content (AvgIpc) is 1.59. The second-order valence-corrected chi connectivity index (χ2v) is 30.9. The van der Waals surface area contributed by atoms with E-state index in [9.17, 15) is 28.8 Å². The molecule has 3 amide bonds. The molecule has 0 atom stereocenters. The van der Waals surface area contributed by atoms with Gasteiger partial charge in [0.25, 0.3) is 34.4 Å². The lowest BCUT2D eigenvalue weighted by Crippen LogP contribution is -2.40. The molecule has 588 valence electrons. The van der Waals surface area contributed by atoms with Crippen LogP contribution in [0.25, 0.3) is 50.6 Å². The minimum atomic E-state index is -0.214. The standard InChI is InChI=1S/C29H30N8O3.2C27H26N8O3/c1-29(2)17-34(3)15-18-7-8-19(13-21(18)29)31-28-30-14-20-25(33-28)37-23-10-9-22-26(32-23)35(24(38)16-40-22)11-5-4-6-12-36(37)27(20)39;1-32-12-9-17-13-19(6-5-18(17)15-32)29-27-28-14-20-24(31-27)35-22-8-7-21-25(30-22)33(23(36)16-38-21)10-3-2-4-11-34(35)26(20)37;1-32-12-9-17-5-6-19(13-18(17)15-32)29-27-28-14-20-24(31-27)35-22-8-7-21-25(30-22)33(23(36)16-38-21)10-3-2-4-11-34(35)26(20)37/h4,6-10,13-14H,5,11-12,15-17H2,1-3H3,(H,30,31,33);2*2,4-8,13-14H,3,9-12,15-16H2,1H3,(H,28,29,31). The molecule has 0 unspecified atom stereocenters. The zero-order valence-corrected chi connectivity index (χ0v) is 64.6. The fraction of sp³-hybridized carbons (Fsp3) is 0.313. The van der Waals surface area contributed by atoms with E-state index >= 15 is 0 Å². The second kappa shape index (κ2) is 29.5. The Labute approximate surface area is 663 Å². The molecule has 33 nitrogen and oxygen atoms in total. The summed E-state index contributed by atoms with van der Waals surface area (Å²) in [5.74, 6) is 5.06. The van der Waals surface area contributed by atoms with Crippen LogP contribution < -0.4 is 61.5 Å². The lowest BCUT2D eigenvalue weighted by Gasteiger charge is -2.38. The lowest BCUT2D eigenvalue weighted by molar-refractivity contribution is -0.122. The predicted molar refractivity (Wildman–Crippen MR) is 436 cm³/mol. The molecular formula is C83H82N24O9. The van der Waals surface area contributed by atoms with Crippen LogP contribution in [0.4, 0.5) is 52.4 Å². The van der Waals surface area contributed by atoms with E-state index in [0.29, 0.717) is 162 Å². The van der Waals surface area contributed by atoms with Gasteiger partial charge >= 0.3 is 0 Å². The summed E-state index contributed by atoms with van der Waals surface area (Å²) in [6.45, 7) is 12.7. The van der Waals surface area contributed by atoms with Gasteiger partial charge < -0.3 is 44.9 Å². The maximum atomic E-state index is 13.5. The van der Waals surface area contributed by atoms with Crippen LogP contribution in [0.5, 0.6) is 17.2 Å². The Bertz CT molecular complexity index is 6340. The predicted octanol–water partition coefficient (Wildman–Crippen LogP) is 7.92. The van der Waals surface area contributed by atoms with Crippen molar-refractivity contribution >= 4 is 103 Å². The Morgan fingerprint density at radius 3 is 1.18 bits per heavy atom. The molecule has 116 heavy (non-hydrogen) atoms. The summed E-state index contributed by atoms with van der Waals surface area (Å²) in [6, 6.07) is 29.7. The van der Waals surface area contributed by atoms with Crippen molar-refractivity contribution in [1.29, 1.82) is 0 Å². The Kier molecular flexibility index (Phi) is 18.5. The number of likely N-dealkylation sites (N-methyl/N-ethyl adjacent to an activating group) is 3. The van der Waals surface area contributed by atoms with Crippen molar-refractivity contribution < 1.29 is 28.6 Å². The maximum absolute atomic E-state index is 13.5. The molecule has 9 aliphatic rings. The molecule has 3 aromatic carbocycles. The van der Waals surface area contributed by atoms with E-state index in [2.05, 4.69) is 117 Å². The van der Waals surface area contributed by atoms with Crippen molar-refractivity contribution in [2.75, 3.05) is 111 Å². The van der Waals surface area contributed by atoms with E-state index < -0.39 is 0 Å². The van der Waals surface area contributed by atoms with Crippen LogP contribution in [0.1, 0.15) is 66.5 Å². The largest absolute Gasteiger partial charge is 0.480 e. The number of nitrogens with zero attached hydrogens (tertiary/aromatic N) is 21. The molecule has 0 aliphatic carbocycles. The lowest BCUT2D eigenvalue weighted by atomic mass is 9.78. The van der Waals surface area contributed by atoms with Crippen LogP contribution in [0.3, 0.4) is 0 Å². The molecular weight excluding hydrogens is 1480 g/mol. The minimum absolute atomic E-state index is 0.0108. The van der Waals surface area contributed by atoms with Gasteiger partial charge in [0.2, 0.25) is 17.8 Å². The SMILES string of the molecule is CN1CCc2cc(Nc3ncc4c(=O)n5n(c4n3)-c3ccc4c(n3)N(CCC=CC5)C(=O)CO4)ccc2C1.CN1CCc2ccc(Nc3ncc4c(=O)n5n(c4n3)-c3ccc4c(n3)N(CCC=CC5)C(=O)CO4)cc2C1.CN1Cc2ccc(Nc3ncc4c(=O)n5n(c4n3)-c3ccc4c(n3)N(CCC=CC5)C(=O)CO4)cc2C(C)(C)C1. The molecule has 9 aliphatic heterocycles. The van der Waals surface area contributed by atoms with Gasteiger partial charge in [-0.1, -0.05) is 68.5 Å². The minimum Gasteiger partial charge on any atom is -0.480 e. The Morgan fingerprint density at radius 1 is 0.379 bits per heavy atom. The van der Waals surface area contributed by atoms with Crippen LogP contribution in [0.15, 0.2) is 160 Å². The fourth-order valence-electron chi connectivity index (χ4n) is 16.7. The summed E-state index contributed by atoms with van der Waals surface area (Å²) in [4.78, 5) is 132. The number of carbonyl (C=O) groups excluding carboxylic acids is 3. The molecule has 9 aromatic heterocycles. The number of ether oxygens (including phenoxy) is 3. The Morgan fingerprint density at radius 2 is 0.750 bits per heavy atom. The van der Waals surface area contributed by atoms with Gasteiger partial charge in [-0.05, 0) is 159 Å². The number of hydrogen-bond donors (Lipinski definition) is 3. The number of fused-ring (bicyclic) bond motifs is 18. The summed E-state index contributed by atoms with van der Waals surface area (Å²) in [7, 11) is 6.39. The van der Waals surface area contributed by atoms with E-state index in [1.165, 1.54) is 33.4 Å². The molecule has 33 heteroatoms. The zero-order chi connectivity index (χ0) is 79.2. The summed E-state index contributed by atoms with van der Waals surface area (Å²) >= 11 is 0. The first-order valence-electron chi connectivity index (χ1n) is 38.9. The van der Waals surface area contributed by atoms with E-state index in [0.717, 1.165) is 69.2 Å². The summed E-state index contributed by atoms with van der Waals surface area (Å²) in [5.41, 5.74) is 11.2. The first kappa shape index (κ1) is 72.7. The number of anilines is 9. The van der Waals surface area contributed by atoms with Gasteiger partial charge in [0, 0.05) is 100.0 Å². The second-order valence-electron chi connectivity index (χ2n) is 30.9. The highest BCUT2D eigenvalue weighted by atomic mass is 16.5. The number of rotatable bonds is 6. The first-order chi connectivity index (χ1) is 56.4. The Balaban J connectivity index is 0.000000116. The van der Waals surface area contributed by atoms with Gasteiger partial charge in [-0.25, -0.2) is 58.0 Å². The first-order valence-corrected chi connectivity index (χ1v) is 38.9. The monoisotopic (exact) mass is 1560 g/mol. The average molecular weight is 1560 g/mol. The third-order valence-electron chi connectivity index (χ3n) is 22.3. The van der Waals surface area contributed by atoms with Crippen molar-refractivity contribution in [3.8, 4) is 34.7 Å². The highest BCUT2D eigenvalue weighted by molar-refractivity contribution is 5.98. The number of allylic oxidation sites excluding steroid dienone is 3. The van der Waals surface area contributed by atoms with Gasteiger partial charge in [0.15, 0.2) is 88.9 Å². The van der Waals surface area contributed by atoms with Crippen LogP contribution in [-0.2, 0) is 71.9 Å². The van der Waals surface area contributed by atoms with Crippen LogP contribution in [-0.4, -0.2) is 186 Å². The quantitative estimate of drug-likeness (QED) is 0.133. The number of benzene rings is 3. The van der Waals surface area contributed by atoms with Gasteiger partial charge in [0.1, 0.15) is 16.2 Å². The highest BCUT2D eigenvalue weighted by Gasteiger charge is 2.35. The van der Waals surface area contributed by atoms with E-state index in [-0.39, 0.29) is 59.6 Å². The molecule has 3 N–H and O–H groups in total. The van der Waals surface area contributed by atoms with E-state index in [1.807, 2.05) is 54.7 Å². The fourth-order valence-corrected chi connectivity index (χ4v) is 16.7. The van der Waals surface area contributed by atoms with Gasteiger partial charge in [-0.15, -0.1) is 0 Å². The number of carbonyl (C=O) groups is 3. The summed E-state index contributed by atoms with van der Waals surface area (Å²) < 4.78 is 26.7. The molecule has 0 saturated carbocycles. The van der Waals surface area contributed by atoms with E-state index in [4.69, 9.17) is 44.1 Å². The smallest absolute Gasteiger partial charge is 0.278 e. The molecule has 0 fully saturated rings. The molecule has 0 saturated heterocycles. The molecule has 21 rings (SSSR count). The molecule has 6 bridgehead atoms. The van der Waals surface area contributed by atoms with Gasteiger partial charge in [-0.3, -0.25) is 43.5 Å². The van der Waals surface area contributed by atoms with Crippen molar-refractivity contribution in [3.63, 3.8) is 0 Å². The van der Waals surface area contributed by atoms with Crippen LogP contribution in [0, 0.1) is 0 Å². The van der Waals surface area contributed by atoms with Crippen molar-refractivity contribution in [3.05, 3.63) is 210 Å². The molecule has 12 aromatic rings. The third kappa shape index (κ3) is 13.5. The topological polar surface area (TPSA) is 331 Å².